The van der Waals surface area contributed by atoms with E-state index in [9.17, 15) is 0 Å². The Kier molecular flexibility index (Phi) is 9.76. The first kappa shape index (κ1) is 39.8. The summed E-state index contributed by atoms with van der Waals surface area (Å²) < 4.78 is 0. The van der Waals surface area contributed by atoms with Gasteiger partial charge in [0.05, 0.1) is 0 Å². The molecular weight excluding hydrogens is 817 g/mol. The average molecular weight is 863 g/mol. The fraction of sp³-hybridized carbons (Fsp3) is 0.0294. The Morgan fingerprint density at radius 1 is 0.235 bits per heavy atom. The third kappa shape index (κ3) is 6.84. The van der Waals surface area contributed by atoms with Gasteiger partial charge in [-0.15, -0.1) is 0 Å². The molecule has 0 nitrogen and oxygen atoms in total. The molecule has 0 fully saturated rings. The van der Waals surface area contributed by atoms with E-state index in [1.807, 2.05) is 0 Å². The van der Waals surface area contributed by atoms with E-state index in [0.717, 1.165) is 12.8 Å². The van der Waals surface area contributed by atoms with Crippen LogP contribution in [0.25, 0.3) is 126 Å². The van der Waals surface area contributed by atoms with Gasteiger partial charge in [-0.1, -0.05) is 243 Å². The second-order valence-electron chi connectivity index (χ2n) is 18.2. The number of rotatable bonds is 7. The molecule has 0 heteroatoms. The molecule has 0 unspecified atom stereocenters. The summed E-state index contributed by atoms with van der Waals surface area (Å²) in [7, 11) is 0. The van der Waals surface area contributed by atoms with Crippen LogP contribution in [0.2, 0.25) is 0 Å². The molecule has 0 aromatic heterocycles. The molecule has 0 radical (unpaired) electrons. The molecule has 0 atom stereocenters. The molecule has 0 amide bonds. The molecule has 0 bridgehead atoms. The quantitative estimate of drug-likeness (QED) is 0.140. The minimum Gasteiger partial charge on any atom is -0.0842 e. The second kappa shape index (κ2) is 16.7. The van der Waals surface area contributed by atoms with Crippen LogP contribution in [0.4, 0.5) is 0 Å². The standard InChI is InChI=1S/C68H46/c1-3-15-45(16-4-1)48-27-34-52(35-28-48)66-57-21-9-12-24-60(57)67(53-36-29-49(30-37-53)46-17-5-2-6-18-46)64-44-55(41-42-63(64)66)50-31-38-51(39-32-50)65-58-22-10-13-25-61(58)68(62-26-14-11-23-59(62)65)56-40-33-47-19-7-8-20-54(47)43-56/h1-5,7-17,19-44H,6,18H2. The van der Waals surface area contributed by atoms with Crippen LogP contribution in [0.1, 0.15) is 18.4 Å². The maximum atomic E-state index is 2.44. The van der Waals surface area contributed by atoms with Crippen molar-refractivity contribution in [1.82, 2.24) is 0 Å². The Labute approximate surface area is 397 Å². The lowest BCUT2D eigenvalue weighted by Crippen LogP contribution is -1.93. The molecular formula is C68H46. The molecule has 0 heterocycles. The van der Waals surface area contributed by atoms with E-state index < -0.39 is 0 Å². The van der Waals surface area contributed by atoms with Gasteiger partial charge < -0.3 is 0 Å². The normalized spacial score (nSPS) is 12.6. The first-order valence-electron chi connectivity index (χ1n) is 23.9. The third-order valence-corrected chi connectivity index (χ3v) is 14.3. The molecule has 13 rings (SSSR count). The van der Waals surface area contributed by atoms with Gasteiger partial charge in [0.1, 0.15) is 0 Å². The number of hydrogen-bond acceptors (Lipinski definition) is 0. The van der Waals surface area contributed by atoms with E-state index in [1.165, 1.54) is 132 Å². The van der Waals surface area contributed by atoms with Crippen molar-refractivity contribution in [1.29, 1.82) is 0 Å². The second-order valence-corrected chi connectivity index (χ2v) is 18.2. The summed E-state index contributed by atoms with van der Waals surface area (Å²) >= 11 is 0. The first-order valence-corrected chi connectivity index (χ1v) is 23.9. The lowest BCUT2D eigenvalue weighted by Gasteiger charge is -2.20. The van der Waals surface area contributed by atoms with Crippen molar-refractivity contribution in [3.8, 4) is 66.8 Å². The summed E-state index contributed by atoms with van der Waals surface area (Å²) in [6.45, 7) is 0. The van der Waals surface area contributed by atoms with Gasteiger partial charge in [-0.25, -0.2) is 0 Å². The molecule has 68 heavy (non-hydrogen) atoms. The van der Waals surface area contributed by atoms with E-state index in [1.54, 1.807) is 0 Å². The Bertz CT molecular complexity index is 3900. The molecule has 1 aliphatic rings. The van der Waals surface area contributed by atoms with Crippen molar-refractivity contribution >= 4 is 59.4 Å². The number of allylic oxidation sites excluding steroid dienone is 4. The Hall–Kier alpha value is -8.58. The lowest BCUT2D eigenvalue weighted by atomic mass is 9.84. The number of benzene rings is 12. The van der Waals surface area contributed by atoms with Crippen molar-refractivity contribution in [2.24, 2.45) is 0 Å². The van der Waals surface area contributed by atoms with Crippen LogP contribution in [0.3, 0.4) is 0 Å². The van der Waals surface area contributed by atoms with Gasteiger partial charge in [0.25, 0.3) is 0 Å². The minimum absolute atomic E-state index is 1.07. The SMILES string of the molecule is C1=CCCC(c2ccc(-c3c4ccccc4c(-c4ccc(-c5ccccc5)cc4)c4ccc(-c5ccc(-c6c7ccccc7c(-c7ccc8ccccc8c7)c7ccccc67)cc5)cc34)cc2)=C1. The average Bonchev–Trinajstić information content (AvgIpc) is 3.42. The van der Waals surface area contributed by atoms with E-state index >= 15 is 0 Å². The van der Waals surface area contributed by atoms with Crippen molar-refractivity contribution in [3.05, 3.63) is 260 Å². The molecule has 12 aromatic carbocycles. The topological polar surface area (TPSA) is 0 Å². The van der Waals surface area contributed by atoms with Crippen molar-refractivity contribution < 1.29 is 0 Å². The van der Waals surface area contributed by atoms with Gasteiger partial charge in [-0.05, 0) is 157 Å². The summed E-state index contributed by atoms with van der Waals surface area (Å²) in [6, 6.07) is 88.0. The van der Waals surface area contributed by atoms with Crippen molar-refractivity contribution in [3.63, 3.8) is 0 Å². The van der Waals surface area contributed by atoms with E-state index in [4.69, 9.17) is 0 Å². The fourth-order valence-electron chi connectivity index (χ4n) is 11.1. The zero-order chi connectivity index (χ0) is 45.0. The molecule has 0 N–H and O–H groups in total. The number of fused-ring (bicyclic) bond motifs is 5. The zero-order valence-corrected chi connectivity index (χ0v) is 37.7. The van der Waals surface area contributed by atoms with Gasteiger partial charge >= 0.3 is 0 Å². The van der Waals surface area contributed by atoms with Gasteiger partial charge in [-0.3, -0.25) is 0 Å². The monoisotopic (exact) mass is 862 g/mol. The van der Waals surface area contributed by atoms with Crippen LogP contribution in [0.15, 0.2) is 255 Å². The van der Waals surface area contributed by atoms with Crippen molar-refractivity contribution in [2.45, 2.75) is 12.8 Å². The summed E-state index contributed by atoms with van der Waals surface area (Å²) in [6.07, 6.45) is 8.88. The van der Waals surface area contributed by atoms with E-state index in [2.05, 4.69) is 255 Å². The van der Waals surface area contributed by atoms with Crippen LogP contribution in [-0.2, 0) is 0 Å². The van der Waals surface area contributed by atoms with Crippen LogP contribution in [-0.4, -0.2) is 0 Å². The van der Waals surface area contributed by atoms with Gasteiger partial charge in [0.15, 0.2) is 0 Å². The van der Waals surface area contributed by atoms with Gasteiger partial charge in [0, 0.05) is 0 Å². The summed E-state index contributed by atoms with van der Waals surface area (Å²) in [5.41, 5.74) is 17.5. The largest absolute Gasteiger partial charge is 0.0842 e. The smallest absolute Gasteiger partial charge is 0.00261 e. The molecule has 12 aromatic rings. The molecule has 0 saturated heterocycles. The zero-order valence-electron chi connectivity index (χ0n) is 37.7. The molecule has 0 saturated carbocycles. The Morgan fingerprint density at radius 2 is 0.618 bits per heavy atom. The first-order chi connectivity index (χ1) is 33.7. The third-order valence-electron chi connectivity index (χ3n) is 14.3. The van der Waals surface area contributed by atoms with E-state index in [0.29, 0.717) is 0 Å². The maximum Gasteiger partial charge on any atom is -0.00261 e. The molecule has 0 spiro atoms. The predicted octanol–water partition coefficient (Wildman–Crippen LogP) is 19.2. The molecule has 0 aliphatic heterocycles. The van der Waals surface area contributed by atoms with Gasteiger partial charge in [0.2, 0.25) is 0 Å². The maximum absolute atomic E-state index is 2.44. The highest BCUT2D eigenvalue weighted by Crippen LogP contribution is 2.47. The molecule has 1 aliphatic carbocycles. The Morgan fingerprint density at radius 3 is 1.15 bits per heavy atom. The number of hydrogen-bond donors (Lipinski definition) is 0. The molecule has 318 valence electrons. The minimum atomic E-state index is 1.07. The lowest BCUT2D eigenvalue weighted by molar-refractivity contribution is 1.05. The van der Waals surface area contributed by atoms with E-state index in [-0.39, 0.29) is 0 Å². The highest BCUT2D eigenvalue weighted by atomic mass is 14.2. The summed E-state index contributed by atoms with van der Waals surface area (Å²) in [5, 5.41) is 12.6. The van der Waals surface area contributed by atoms with Gasteiger partial charge in [-0.2, -0.15) is 0 Å². The van der Waals surface area contributed by atoms with Crippen LogP contribution < -0.4 is 0 Å². The highest BCUT2D eigenvalue weighted by Gasteiger charge is 2.20. The summed E-state index contributed by atoms with van der Waals surface area (Å²) in [4.78, 5) is 0. The Balaban J connectivity index is 0.969. The summed E-state index contributed by atoms with van der Waals surface area (Å²) in [5.74, 6) is 0. The van der Waals surface area contributed by atoms with Crippen molar-refractivity contribution in [2.75, 3.05) is 0 Å². The fourth-order valence-corrected chi connectivity index (χ4v) is 11.1. The predicted molar refractivity (Wildman–Crippen MR) is 293 cm³/mol. The highest BCUT2D eigenvalue weighted by molar-refractivity contribution is 6.23. The van der Waals surface area contributed by atoms with Crippen LogP contribution in [0, 0.1) is 0 Å². The van der Waals surface area contributed by atoms with Crippen LogP contribution >= 0.6 is 0 Å². The van der Waals surface area contributed by atoms with Crippen LogP contribution in [0.5, 0.6) is 0 Å².